The van der Waals surface area contributed by atoms with Gasteiger partial charge in [0.05, 0.1) is 13.2 Å². The van der Waals surface area contributed by atoms with Crippen molar-refractivity contribution < 1.29 is 28.4 Å². The zero-order valence-electron chi connectivity index (χ0n) is 18.3. The van der Waals surface area contributed by atoms with Crippen LogP contribution in [0.15, 0.2) is 0 Å². The Bertz CT molecular complexity index is 513. The molecule has 1 aromatic heterocycles. The predicted molar refractivity (Wildman–Crippen MR) is 108 cm³/mol. The topological polar surface area (TPSA) is 104 Å². The third-order valence-electron chi connectivity index (χ3n) is 3.72. The average molecular weight is 418 g/mol. The molecule has 29 heavy (non-hydrogen) atoms. The van der Waals surface area contributed by atoms with E-state index in [4.69, 9.17) is 28.4 Å². The Balaban J connectivity index is 3.37. The molecule has 0 amide bonds. The van der Waals surface area contributed by atoms with Crippen molar-refractivity contribution in [2.75, 3.05) is 111 Å². The summed E-state index contributed by atoms with van der Waals surface area (Å²) in [7, 11) is 9.69. The highest BCUT2D eigenvalue weighted by molar-refractivity contribution is 5.46. The summed E-state index contributed by atoms with van der Waals surface area (Å²) in [6, 6.07) is 0. The molecule has 0 radical (unpaired) electrons. The lowest BCUT2D eigenvalue weighted by Crippen LogP contribution is -2.36. The summed E-state index contributed by atoms with van der Waals surface area (Å²) in [5.41, 5.74) is 0. The molecule has 0 bridgehead atoms. The van der Waals surface area contributed by atoms with Crippen LogP contribution in [0.2, 0.25) is 0 Å². The molecule has 0 aliphatic heterocycles. The molecule has 1 heterocycles. The number of hydrogen-bond acceptors (Lipinski definition) is 12. The highest BCUT2D eigenvalue weighted by Gasteiger charge is 2.20. The summed E-state index contributed by atoms with van der Waals surface area (Å²) in [6.45, 7) is 3.17. The first-order valence-electron chi connectivity index (χ1n) is 9.09. The molecule has 0 aromatic carbocycles. The van der Waals surface area contributed by atoms with E-state index in [1.807, 2.05) is 9.80 Å². The molecule has 0 fully saturated rings. The quantitative estimate of drug-likeness (QED) is 0.318. The zero-order chi connectivity index (χ0) is 21.5. The van der Waals surface area contributed by atoms with Gasteiger partial charge in [0.25, 0.3) is 0 Å². The number of methoxy groups -OCH3 is 6. The maximum absolute atomic E-state index is 5.31. The van der Waals surface area contributed by atoms with E-state index in [1.54, 1.807) is 47.6 Å². The molecule has 0 atom stereocenters. The Morgan fingerprint density at radius 2 is 0.793 bits per heavy atom. The van der Waals surface area contributed by atoms with Gasteiger partial charge in [-0.1, -0.05) is 0 Å². The van der Waals surface area contributed by atoms with E-state index >= 15 is 0 Å². The molecule has 0 spiro atoms. The second-order valence-electron chi connectivity index (χ2n) is 5.96. The van der Waals surface area contributed by atoms with Crippen molar-refractivity contribution in [3.8, 4) is 0 Å². The number of rotatable bonds is 17. The van der Waals surface area contributed by atoms with Crippen LogP contribution in [0.4, 0.5) is 17.8 Å². The summed E-state index contributed by atoms with van der Waals surface area (Å²) in [6.07, 6.45) is 0. The lowest BCUT2D eigenvalue weighted by Gasteiger charge is -2.28. The van der Waals surface area contributed by atoms with Gasteiger partial charge in [-0.15, -0.1) is 0 Å². The fraction of sp³-hybridized carbons (Fsp3) is 0.824. The van der Waals surface area contributed by atoms with Crippen LogP contribution in [0.3, 0.4) is 0 Å². The minimum atomic E-state index is 0.251. The lowest BCUT2D eigenvalue weighted by atomic mass is 10.5. The highest BCUT2D eigenvalue weighted by Crippen LogP contribution is 2.19. The van der Waals surface area contributed by atoms with Crippen molar-refractivity contribution in [1.29, 1.82) is 0 Å². The normalized spacial score (nSPS) is 11.0. The van der Waals surface area contributed by atoms with Crippen LogP contribution < -0.4 is 14.7 Å². The van der Waals surface area contributed by atoms with Crippen LogP contribution in [0.1, 0.15) is 0 Å². The lowest BCUT2D eigenvalue weighted by molar-refractivity contribution is 0.138. The van der Waals surface area contributed by atoms with Crippen molar-refractivity contribution in [3.63, 3.8) is 0 Å². The zero-order valence-corrected chi connectivity index (χ0v) is 18.3. The molecular weight excluding hydrogens is 384 g/mol. The van der Waals surface area contributed by atoms with Gasteiger partial charge in [-0.3, -0.25) is 4.90 Å². The van der Waals surface area contributed by atoms with Crippen molar-refractivity contribution in [2.45, 2.75) is 0 Å². The molecule has 0 aliphatic rings. The van der Waals surface area contributed by atoms with Crippen LogP contribution in [0.25, 0.3) is 0 Å². The van der Waals surface area contributed by atoms with E-state index in [-0.39, 0.29) is 13.5 Å². The van der Waals surface area contributed by atoms with Crippen molar-refractivity contribution in [1.82, 2.24) is 15.0 Å². The molecule has 0 aliphatic carbocycles. The van der Waals surface area contributed by atoms with Crippen LogP contribution >= 0.6 is 0 Å². The van der Waals surface area contributed by atoms with Gasteiger partial charge in [0, 0.05) is 55.7 Å². The number of nitrogens with zero attached hydrogens (tertiary/aromatic N) is 6. The van der Waals surface area contributed by atoms with Crippen LogP contribution in [-0.2, 0) is 28.4 Å². The Labute approximate surface area is 172 Å². The fourth-order valence-electron chi connectivity index (χ4n) is 2.39. The summed E-state index contributed by atoms with van der Waals surface area (Å²) in [4.78, 5) is 19.3. The van der Waals surface area contributed by atoms with E-state index in [0.29, 0.717) is 57.6 Å². The molecule has 0 saturated carbocycles. The SMILES string of the molecule is COCCN(COC)c1nc(N(CCOC)COC)nc(N(COC)COC)n1. The molecule has 12 nitrogen and oxygen atoms in total. The van der Waals surface area contributed by atoms with E-state index < -0.39 is 0 Å². The van der Waals surface area contributed by atoms with E-state index in [2.05, 4.69) is 15.0 Å². The standard InChI is InChI=1S/C17H34N6O6/c1-24-9-7-21(11-26-3)15-18-16(22(12-27-4)8-10-25-2)20-17(19-15)23(13-28-5)14-29-6/h7-14H2,1-6H3. The van der Waals surface area contributed by atoms with Crippen LogP contribution in [0, 0.1) is 0 Å². The smallest absolute Gasteiger partial charge is 0.235 e. The summed E-state index contributed by atoms with van der Waals surface area (Å²) >= 11 is 0. The Hall–Kier alpha value is -1.83. The molecule has 1 aromatic rings. The maximum atomic E-state index is 5.31. The monoisotopic (exact) mass is 418 g/mol. The highest BCUT2D eigenvalue weighted by atomic mass is 16.5. The first-order valence-corrected chi connectivity index (χ1v) is 9.09. The van der Waals surface area contributed by atoms with Crippen LogP contribution in [-0.4, -0.2) is 111 Å². The summed E-state index contributed by atoms with van der Waals surface area (Å²) in [5.74, 6) is 1.30. The number of anilines is 3. The first-order chi connectivity index (χ1) is 14.1. The van der Waals surface area contributed by atoms with Crippen LogP contribution in [0.5, 0.6) is 0 Å². The van der Waals surface area contributed by atoms with Gasteiger partial charge in [-0.25, -0.2) is 0 Å². The third-order valence-corrected chi connectivity index (χ3v) is 3.72. The molecule has 0 N–H and O–H groups in total. The van der Waals surface area contributed by atoms with Gasteiger partial charge in [-0.05, 0) is 0 Å². The second-order valence-corrected chi connectivity index (χ2v) is 5.96. The number of ether oxygens (including phenoxy) is 6. The predicted octanol–water partition coefficient (Wildman–Crippen LogP) is -0.000800. The first kappa shape index (κ1) is 25.2. The van der Waals surface area contributed by atoms with Crippen molar-refractivity contribution >= 4 is 17.8 Å². The third kappa shape index (κ3) is 8.60. The Kier molecular flexibility index (Phi) is 13.1. The van der Waals surface area contributed by atoms with Gasteiger partial charge in [0.15, 0.2) is 0 Å². The van der Waals surface area contributed by atoms with E-state index in [9.17, 15) is 0 Å². The van der Waals surface area contributed by atoms with Gasteiger partial charge < -0.3 is 38.2 Å². The number of hydrogen-bond donors (Lipinski definition) is 0. The van der Waals surface area contributed by atoms with Gasteiger partial charge in [-0.2, -0.15) is 15.0 Å². The Morgan fingerprint density at radius 1 is 0.483 bits per heavy atom. The number of aromatic nitrogens is 3. The maximum Gasteiger partial charge on any atom is 0.235 e. The Morgan fingerprint density at radius 3 is 1.10 bits per heavy atom. The van der Waals surface area contributed by atoms with Gasteiger partial charge in [0.2, 0.25) is 17.8 Å². The molecule has 0 saturated heterocycles. The largest absolute Gasteiger partial charge is 0.383 e. The summed E-state index contributed by atoms with van der Waals surface area (Å²) < 4.78 is 31.6. The van der Waals surface area contributed by atoms with Crippen molar-refractivity contribution in [3.05, 3.63) is 0 Å². The fourth-order valence-corrected chi connectivity index (χ4v) is 2.39. The molecule has 1 rings (SSSR count). The van der Waals surface area contributed by atoms with Gasteiger partial charge >= 0.3 is 0 Å². The molecular formula is C17H34N6O6. The molecule has 12 heteroatoms. The average Bonchev–Trinajstić information content (AvgIpc) is 2.73. The minimum absolute atomic E-state index is 0.251. The van der Waals surface area contributed by atoms with Crippen molar-refractivity contribution in [2.24, 2.45) is 0 Å². The minimum Gasteiger partial charge on any atom is -0.383 e. The molecule has 168 valence electrons. The van der Waals surface area contributed by atoms with E-state index in [0.717, 1.165) is 0 Å². The summed E-state index contributed by atoms with van der Waals surface area (Å²) in [5, 5.41) is 0. The van der Waals surface area contributed by atoms with E-state index in [1.165, 1.54) is 0 Å². The molecule has 0 unspecified atom stereocenters. The second kappa shape index (κ2) is 15.1. The van der Waals surface area contributed by atoms with Gasteiger partial charge in [0.1, 0.15) is 26.9 Å².